The molecule has 2 saturated carbocycles. The molecule has 2 fully saturated rings. The average molecular weight is 631 g/mol. The zero-order chi connectivity index (χ0) is 25.4. The lowest BCUT2D eigenvalue weighted by Gasteiger charge is -2.05. The van der Waals surface area contributed by atoms with Crippen LogP contribution in [0.15, 0.2) is 45.4 Å². The van der Waals surface area contributed by atoms with E-state index < -0.39 is 0 Å². The molecular formula is C26H21BrCl4N2O3. The van der Waals surface area contributed by atoms with Crippen LogP contribution in [0.2, 0.25) is 20.1 Å². The summed E-state index contributed by atoms with van der Waals surface area (Å²) in [6.07, 6.45) is 4.51. The molecule has 2 heterocycles. The number of rotatable bonds is 6. The molecule has 0 unspecified atom stereocenters. The van der Waals surface area contributed by atoms with Crippen LogP contribution in [0.3, 0.4) is 0 Å². The molecule has 1 N–H and O–H groups in total. The summed E-state index contributed by atoms with van der Waals surface area (Å²) in [5, 5.41) is 20.6. The maximum Gasteiger partial charge on any atom is 0.145 e. The van der Waals surface area contributed by atoms with Gasteiger partial charge >= 0.3 is 0 Å². The van der Waals surface area contributed by atoms with E-state index in [4.69, 9.17) is 55.4 Å². The fraction of sp³-hybridized carbons (Fsp3) is 0.308. The van der Waals surface area contributed by atoms with Crippen LogP contribution in [-0.2, 0) is 11.9 Å². The van der Waals surface area contributed by atoms with E-state index in [0.717, 1.165) is 41.2 Å². The molecule has 2 aromatic carbocycles. The van der Waals surface area contributed by atoms with Crippen LogP contribution in [0.5, 0.6) is 0 Å². The number of benzene rings is 2. The van der Waals surface area contributed by atoms with Crippen molar-refractivity contribution < 1.29 is 14.2 Å². The molecule has 10 heteroatoms. The smallest absolute Gasteiger partial charge is 0.145 e. The quantitative estimate of drug-likeness (QED) is 0.215. The summed E-state index contributed by atoms with van der Waals surface area (Å²) >= 11 is 28.2. The Hall–Kier alpha value is -1.54. The highest BCUT2D eigenvalue weighted by atomic mass is 79.9. The van der Waals surface area contributed by atoms with Crippen molar-refractivity contribution in [2.45, 2.75) is 49.5 Å². The molecule has 0 atom stereocenters. The van der Waals surface area contributed by atoms with Crippen molar-refractivity contribution in [3.8, 4) is 22.5 Å². The first kappa shape index (κ1) is 26.1. The molecule has 36 heavy (non-hydrogen) atoms. The van der Waals surface area contributed by atoms with E-state index in [9.17, 15) is 5.11 Å². The van der Waals surface area contributed by atoms with Crippen LogP contribution < -0.4 is 0 Å². The number of aliphatic hydroxyl groups is 1. The highest BCUT2D eigenvalue weighted by molar-refractivity contribution is 9.08. The van der Waals surface area contributed by atoms with Crippen LogP contribution in [-0.4, -0.2) is 15.4 Å². The zero-order valence-corrected chi connectivity index (χ0v) is 23.5. The van der Waals surface area contributed by atoms with Gasteiger partial charge in [0.1, 0.15) is 22.9 Å². The monoisotopic (exact) mass is 628 g/mol. The van der Waals surface area contributed by atoms with Gasteiger partial charge in [0.15, 0.2) is 0 Å². The lowest BCUT2D eigenvalue weighted by molar-refractivity contribution is 0.277. The Morgan fingerprint density at radius 1 is 0.722 bits per heavy atom. The van der Waals surface area contributed by atoms with Gasteiger partial charge in [0.2, 0.25) is 0 Å². The van der Waals surface area contributed by atoms with E-state index in [1.165, 1.54) is 12.8 Å². The second-order valence-electron chi connectivity index (χ2n) is 8.78. The van der Waals surface area contributed by atoms with Gasteiger partial charge in [-0.25, -0.2) is 0 Å². The lowest BCUT2D eigenvalue weighted by Crippen LogP contribution is -1.91. The van der Waals surface area contributed by atoms with Crippen LogP contribution in [0, 0.1) is 0 Å². The van der Waals surface area contributed by atoms with Crippen LogP contribution >= 0.6 is 62.3 Å². The summed E-state index contributed by atoms with van der Waals surface area (Å²) in [5.74, 6) is 2.64. The minimum Gasteiger partial charge on any atom is -0.391 e. The Labute approximate surface area is 236 Å². The normalized spacial score (nSPS) is 15.1. The van der Waals surface area contributed by atoms with Gasteiger partial charge in [0.05, 0.1) is 26.7 Å². The minimum atomic E-state index is -0.119. The number of nitrogens with zero attached hydrogens (tertiary/aromatic N) is 2. The Morgan fingerprint density at radius 3 is 1.47 bits per heavy atom. The van der Waals surface area contributed by atoms with Gasteiger partial charge in [0.25, 0.3) is 0 Å². The van der Waals surface area contributed by atoms with Crippen molar-refractivity contribution in [2.24, 2.45) is 0 Å². The highest BCUT2D eigenvalue weighted by Gasteiger charge is 2.34. The fourth-order valence-electron chi connectivity index (χ4n) is 4.10. The van der Waals surface area contributed by atoms with Gasteiger partial charge < -0.3 is 14.2 Å². The van der Waals surface area contributed by atoms with Crippen LogP contribution in [0.4, 0.5) is 0 Å². The van der Waals surface area contributed by atoms with E-state index in [-0.39, 0.29) is 6.61 Å². The average Bonchev–Trinajstić information content (AvgIpc) is 3.80. The molecular weight excluding hydrogens is 610 g/mol. The number of hydrogen-bond acceptors (Lipinski definition) is 5. The summed E-state index contributed by atoms with van der Waals surface area (Å²) in [4.78, 5) is 0. The van der Waals surface area contributed by atoms with Crippen LogP contribution in [0.25, 0.3) is 22.5 Å². The van der Waals surface area contributed by atoms with Gasteiger partial charge in [-0.2, -0.15) is 0 Å². The molecule has 0 radical (unpaired) electrons. The first-order valence-corrected chi connectivity index (χ1v) is 14.1. The fourth-order valence-corrected chi connectivity index (χ4v) is 5.79. The predicted octanol–water partition coefficient (Wildman–Crippen LogP) is 9.44. The number of halogens is 5. The summed E-state index contributed by atoms with van der Waals surface area (Å²) in [6, 6.07) is 10.7. The summed E-state index contributed by atoms with van der Waals surface area (Å²) in [7, 11) is 0. The van der Waals surface area contributed by atoms with Crippen molar-refractivity contribution in [3.63, 3.8) is 0 Å². The van der Waals surface area contributed by atoms with Crippen LogP contribution in [0.1, 0.15) is 60.2 Å². The third-order valence-corrected chi connectivity index (χ3v) is 8.04. The Kier molecular flexibility index (Phi) is 8.01. The number of hydrogen-bond donors (Lipinski definition) is 1. The van der Waals surface area contributed by atoms with E-state index in [1.807, 2.05) is 18.2 Å². The van der Waals surface area contributed by atoms with Gasteiger partial charge in [-0.05, 0) is 49.9 Å². The predicted molar refractivity (Wildman–Crippen MR) is 146 cm³/mol. The zero-order valence-electron chi connectivity index (χ0n) is 18.9. The molecule has 6 rings (SSSR count). The van der Waals surface area contributed by atoms with Crippen molar-refractivity contribution in [1.82, 2.24) is 10.3 Å². The summed E-state index contributed by atoms with van der Waals surface area (Å²) in [6.45, 7) is -0.119. The van der Waals surface area contributed by atoms with Gasteiger partial charge in [-0.1, -0.05) is 84.8 Å². The largest absolute Gasteiger partial charge is 0.391 e. The molecule has 0 aliphatic heterocycles. The topological polar surface area (TPSA) is 72.3 Å². The second-order valence-corrected chi connectivity index (χ2v) is 11.0. The lowest BCUT2D eigenvalue weighted by atomic mass is 10.0. The molecule has 2 aliphatic rings. The third-order valence-electron chi connectivity index (χ3n) is 6.22. The Balaban J connectivity index is 0.000000148. The van der Waals surface area contributed by atoms with Gasteiger partial charge in [0, 0.05) is 39.4 Å². The van der Waals surface area contributed by atoms with Gasteiger partial charge in [-0.3, -0.25) is 0 Å². The molecule has 0 amide bonds. The molecule has 2 aliphatic carbocycles. The first-order chi connectivity index (χ1) is 17.4. The molecule has 0 saturated heterocycles. The standard InChI is InChI=1S/C13H10BrCl2NO.C13H11Cl2NO2/c14-6-8-12(17-18-13(8)7-4-5-7)11-9(15)2-1-3-10(11)16;14-9-2-1-3-10(15)11(9)12-8(6-17)13(18-16-12)7-4-5-7/h1-3,7H,4-6H2;1-3,7,17H,4-6H2. The van der Waals surface area contributed by atoms with E-state index in [1.54, 1.807) is 18.2 Å². The minimum absolute atomic E-state index is 0.119. The molecule has 0 spiro atoms. The van der Waals surface area contributed by atoms with E-state index >= 15 is 0 Å². The number of aliphatic hydroxyl groups excluding tert-OH is 1. The van der Waals surface area contributed by atoms with E-state index in [2.05, 4.69) is 26.2 Å². The Morgan fingerprint density at radius 2 is 1.11 bits per heavy atom. The third kappa shape index (κ3) is 5.22. The molecule has 188 valence electrons. The Bertz CT molecular complexity index is 1250. The first-order valence-electron chi connectivity index (χ1n) is 11.5. The highest BCUT2D eigenvalue weighted by Crippen LogP contribution is 2.47. The van der Waals surface area contributed by atoms with E-state index in [0.29, 0.717) is 54.1 Å². The molecule has 4 aromatic rings. The molecule has 2 aromatic heterocycles. The second kappa shape index (κ2) is 11.1. The van der Waals surface area contributed by atoms with Crippen molar-refractivity contribution >= 4 is 62.3 Å². The molecule has 0 bridgehead atoms. The van der Waals surface area contributed by atoms with Crippen molar-refractivity contribution in [1.29, 1.82) is 0 Å². The molecule has 5 nitrogen and oxygen atoms in total. The SMILES string of the molecule is Clc1cccc(Cl)c1-c1noc(C2CC2)c1CBr.OCc1c(-c2c(Cl)cccc2Cl)noc1C1CC1. The van der Waals surface area contributed by atoms with Crippen molar-refractivity contribution in [2.75, 3.05) is 0 Å². The maximum absolute atomic E-state index is 9.52. The summed E-state index contributed by atoms with van der Waals surface area (Å²) < 4.78 is 10.8. The van der Waals surface area contributed by atoms with Crippen molar-refractivity contribution in [3.05, 3.63) is 79.1 Å². The van der Waals surface area contributed by atoms with Gasteiger partial charge in [-0.15, -0.1) is 0 Å². The maximum atomic E-state index is 9.52. The summed E-state index contributed by atoms with van der Waals surface area (Å²) in [5.41, 5.74) is 4.45. The number of alkyl halides is 1. The number of aromatic nitrogens is 2.